The van der Waals surface area contributed by atoms with Gasteiger partial charge in [-0.15, -0.1) is 0 Å². The van der Waals surface area contributed by atoms with Crippen LogP contribution in [0.5, 0.6) is 0 Å². The van der Waals surface area contributed by atoms with Crippen LogP contribution in [-0.2, 0) is 0 Å². The second kappa shape index (κ2) is 7.31. The van der Waals surface area contributed by atoms with Crippen LogP contribution in [0.1, 0.15) is 27.6 Å². The largest absolute Gasteiger partial charge is 0.368 e. The number of rotatable bonds is 3. The summed E-state index contributed by atoms with van der Waals surface area (Å²) < 4.78 is 0. The van der Waals surface area contributed by atoms with Crippen molar-refractivity contribution in [3.63, 3.8) is 0 Å². The van der Waals surface area contributed by atoms with Crippen molar-refractivity contribution in [1.29, 1.82) is 0 Å². The lowest BCUT2D eigenvalue weighted by molar-refractivity contribution is 0.0748. The van der Waals surface area contributed by atoms with Gasteiger partial charge in [0.1, 0.15) is 0 Å². The number of H-pyrrole nitrogens is 1. The Hall–Kier alpha value is -3.41. The Bertz CT molecular complexity index is 1090. The number of piperazine rings is 1. The van der Waals surface area contributed by atoms with E-state index in [2.05, 4.69) is 9.88 Å². The van der Waals surface area contributed by atoms with Crippen molar-refractivity contribution in [3.8, 4) is 0 Å². The molecule has 1 N–H and O–H groups in total. The lowest BCUT2D eigenvalue weighted by Crippen LogP contribution is -2.49. The highest BCUT2D eigenvalue weighted by molar-refractivity contribution is 6.06. The number of nitrogens with zero attached hydrogens (tertiary/aromatic N) is 2. The fraction of sp³-hybridized carbons (Fsp3) is 0.227. The molecule has 0 aliphatic carbocycles. The third-order valence-corrected chi connectivity index (χ3v) is 5.19. The summed E-state index contributed by atoms with van der Waals surface area (Å²) in [6.07, 6.45) is 0. The summed E-state index contributed by atoms with van der Waals surface area (Å²) in [6.45, 7) is 4.11. The standard InChI is InChI=1S/C22H21N3O3/c1-15(26)16-6-8-17(9-7-16)24-10-12-25(13-11-24)22(28)19-14-21(27)23-20-5-3-2-4-18(19)20/h2-9,14H,10-13H2,1H3,(H,23,27). The Kier molecular flexibility index (Phi) is 4.69. The van der Waals surface area contributed by atoms with Crippen LogP contribution in [0.2, 0.25) is 0 Å². The summed E-state index contributed by atoms with van der Waals surface area (Å²) in [5.41, 5.74) is 2.57. The summed E-state index contributed by atoms with van der Waals surface area (Å²) in [7, 11) is 0. The normalized spacial score (nSPS) is 14.3. The molecule has 0 saturated carbocycles. The van der Waals surface area contributed by atoms with E-state index in [1.165, 1.54) is 6.07 Å². The molecule has 6 nitrogen and oxygen atoms in total. The van der Waals surface area contributed by atoms with E-state index in [1.807, 2.05) is 42.5 Å². The SMILES string of the molecule is CC(=O)c1ccc(N2CCN(C(=O)c3cc(=O)[nH]c4ccccc34)CC2)cc1. The van der Waals surface area contributed by atoms with Crippen LogP contribution >= 0.6 is 0 Å². The van der Waals surface area contributed by atoms with Gasteiger partial charge in [-0.3, -0.25) is 14.4 Å². The molecule has 1 amide bonds. The number of ketones is 1. The first kappa shape index (κ1) is 18.0. The number of benzene rings is 2. The van der Waals surface area contributed by atoms with Crippen LogP contribution in [0.3, 0.4) is 0 Å². The molecule has 1 fully saturated rings. The average Bonchev–Trinajstić information content (AvgIpc) is 2.73. The van der Waals surface area contributed by atoms with Gasteiger partial charge in [0, 0.05) is 54.4 Å². The van der Waals surface area contributed by atoms with Crippen LogP contribution in [0.4, 0.5) is 5.69 Å². The van der Waals surface area contributed by atoms with Gasteiger partial charge < -0.3 is 14.8 Å². The number of carbonyl (C=O) groups is 2. The number of pyridine rings is 1. The van der Waals surface area contributed by atoms with Gasteiger partial charge in [0.15, 0.2) is 5.78 Å². The number of para-hydroxylation sites is 1. The third-order valence-electron chi connectivity index (χ3n) is 5.19. The van der Waals surface area contributed by atoms with Crippen LogP contribution in [0.25, 0.3) is 10.9 Å². The third kappa shape index (κ3) is 3.41. The number of amides is 1. The first-order valence-electron chi connectivity index (χ1n) is 9.30. The van der Waals surface area contributed by atoms with E-state index in [-0.39, 0.29) is 17.2 Å². The van der Waals surface area contributed by atoms with E-state index in [0.29, 0.717) is 42.8 Å². The Morgan fingerprint density at radius 2 is 1.61 bits per heavy atom. The summed E-state index contributed by atoms with van der Waals surface area (Å²) >= 11 is 0. The summed E-state index contributed by atoms with van der Waals surface area (Å²) in [5.74, 6) is -0.0686. The Morgan fingerprint density at radius 1 is 0.929 bits per heavy atom. The molecule has 1 saturated heterocycles. The number of aromatic nitrogens is 1. The number of hydrogen-bond acceptors (Lipinski definition) is 4. The number of carbonyl (C=O) groups excluding carboxylic acids is 2. The molecule has 0 spiro atoms. The van der Waals surface area contributed by atoms with Crippen molar-refractivity contribution >= 4 is 28.3 Å². The highest BCUT2D eigenvalue weighted by Crippen LogP contribution is 2.20. The maximum Gasteiger partial charge on any atom is 0.254 e. The first-order valence-corrected chi connectivity index (χ1v) is 9.30. The molecule has 1 aromatic heterocycles. The van der Waals surface area contributed by atoms with Crippen molar-refractivity contribution in [1.82, 2.24) is 9.88 Å². The molecule has 0 atom stereocenters. The molecule has 142 valence electrons. The molecule has 2 aromatic carbocycles. The average molecular weight is 375 g/mol. The molecule has 1 aliphatic heterocycles. The minimum absolute atomic E-state index is 0.0482. The summed E-state index contributed by atoms with van der Waals surface area (Å²) in [5, 5.41) is 0.759. The van der Waals surface area contributed by atoms with Gasteiger partial charge in [0.25, 0.3) is 5.91 Å². The van der Waals surface area contributed by atoms with E-state index in [0.717, 1.165) is 11.1 Å². The predicted octanol–water partition coefficient (Wildman–Crippen LogP) is 2.69. The van der Waals surface area contributed by atoms with Gasteiger partial charge in [-0.1, -0.05) is 18.2 Å². The van der Waals surface area contributed by atoms with Crippen molar-refractivity contribution in [2.45, 2.75) is 6.92 Å². The van der Waals surface area contributed by atoms with Gasteiger partial charge in [0.2, 0.25) is 5.56 Å². The molecule has 2 heterocycles. The molecule has 0 unspecified atom stereocenters. The van der Waals surface area contributed by atoms with Gasteiger partial charge in [0.05, 0.1) is 5.56 Å². The number of aromatic amines is 1. The van der Waals surface area contributed by atoms with Crippen molar-refractivity contribution in [3.05, 3.63) is 76.1 Å². The van der Waals surface area contributed by atoms with E-state index >= 15 is 0 Å². The van der Waals surface area contributed by atoms with Gasteiger partial charge in [-0.25, -0.2) is 0 Å². The molecular formula is C22H21N3O3. The van der Waals surface area contributed by atoms with Crippen LogP contribution in [0, 0.1) is 0 Å². The highest BCUT2D eigenvalue weighted by Gasteiger charge is 2.24. The van der Waals surface area contributed by atoms with Crippen LogP contribution < -0.4 is 10.5 Å². The fourth-order valence-corrected chi connectivity index (χ4v) is 3.63. The van der Waals surface area contributed by atoms with E-state index < -0.39 is 0 Å². The maximum absolute atomic E-state index is 13.0. The van der Waals surface area contributed by atoms with Crippen LogP contribution in [0.15, 0.2) is 59.4 Å². The Labute approximate surface area is 162 Å². The highest BCUT2D eigenvalue weighted by atomic mass is 16.2. The zero-order valence-electron chi connectivity index (χ0n) is 15.6. The topological polar surface area (TPSA) is 73.5 Å². The second-order valence-corrected chi connectivity index (χ2v) is 6.98. The molecule has 0 bridgehead atoms. The molecule has 4 rings (SSSR count). The van der Waals surface area contributed by atoms with Crippen molar-refractivity contribution in [2.24, 2.45) is 0 Å². The second-order valence-electron chi connectivity index (χ2n) is 6.98. The zero-order chi connectivity index (χ0) is 19.7. The molecule has 28 heavy (non-hydrogen) atoms. The van der Waals surface area contributed by atoms with Crippen molar-refractivity contribution < 1.29 is 9.59 Å². The molecule has 6 heteroatoms. The smallest absolute Gasteiger partial charge is 0.254 e. The number of Topliss-reactive ketones (excluding diaryl/α,β-unsaturated/α-hetero) is 1. The minimum Gasteiger partial charge on any atom is -0.368 e. The van der Waals surface area contributed by atoms with Gasteiger partial charge in [-0.2, -0.15) is 0 Å². The lowest BCUT2D eigenvalue weighted by atomic mass is 10.1. The van der Waals surface area contributed by atoms with Crippen LogP contribution in [-0.4, -0.2) is 47.8 Å². The minimum atomic E-state index is -0.272. The van der Waals surface area contributed by atoms with Crippen molar-refractivity contribution in [2.75, 3.05) is 31.1 Å². The Balaban J connectivity index is 1.50. The molecular weight excluding hydrogens is 354 g/mol. The number of hydrogen-bond donors (Lipinski definition) is 1. The van der Waals surface area contributed by atoms with Gasteiger partial charge >= 0.3 is 0 Å². The summed E-state index contributed by atoms with van der Waals surface area (Å²) in [4.78, 5) is 43.2. The van der Waals surface area contributed by atoms with E-state index in [4.69, 9.17) is 0 Å². The van der Waals surface area contributed by atoms with E-state index in [9.17, 15) is 14.4 Å². The lowest BCUT2D eigenvalue weighted by Gasteiger charge is -2.36. The van der Waals surface area contributed by atoms with Gasteiger partial charge in [-0.05, 0) is 37.3 Å². The predicted molar refractivity (Wildman–Crippen MR) is 109 cm³/mol. The molecule has 0 radical (unpaired) electrons. The molecule has 3 aromatic rings. The first-order chi connectivity index (χ1) is 13.5. The zero-order valence-corrected chi connectivity index (χ0v) is 15.6. The maximum atomic E-state index is 13.0. The number of anilines is 1. The number of nitrogens with one attached hydrogen (secondary N) is 1. The summed E-state index contributed by atoms with van der Waals surface area (Å²) in [6, 6.07) is 16.3. The quantitative estimate of drug-likeness (QED) is 0.715. The Morgan fingerprint density at radius 3 is 2.29 bits per heavy atom. The monoisotopic (exact) mass is 375 g/mol. The van der Waals surface area contributed by atoms with E-state index in [1.54, 1.807) is 17.9 Å². The number of fused-ring (bicyclic) bond motifs is 1. The fourth-order valence-electron chi connectivity index (χ4n) is 3.63. The molecule has 1 aliphatic rings.